The Morgan fingerprint density at radius 3 is 2.90 bits per heavy atom. The molecule has 1 saturated heterocycles. The van der Waals surface area contributed by atoms with Crippen LogP contribution in [-0.2, 0) is 4.79 Å². The number of aliphatic carboxylic acids is 1. The Morgan fingerprint density at radius 1 is 1.48 bits per heavy atom. The summed E-state index contributed by atoms with van der Waals surface area (Å²) in [5.74, 6) is -1.96. The molecule has 0 bridgehead atoms. The van der Waals surface area contributed by atoms with E-state index in [1.165, 1.54) is 26.8 Å². The van der Waals surface area contributed by atoms with Gasteiger partial charge in [0.05, 0.1) is 5.92 Å². The van der Waals surface area contributed by atoms with E-state index in [4.69, 9.17) is 5.11 Å². The summed E-state index contributed by atoms with van der Waals surface area (Å²) in [5.41, 5.74) is -0.444. The molecule has 8 heteroatoms. The van der Waals surface area contributed by atoms with Crippen molar-refractivity contribution in [3.05, 3.63) is 33.7 Å². The maximum Gasteiger partial charge on any atom is 0.308 e. The van der Waals surface area contributed by atoms with E-state index in [0.717, 1.165) is 0 Å². The first-order valence-corrected chi connectivity index (χ1v) is 7.37. The van der Waals surface area contributed by atoms with Gasteiger partial charge in [-0.15, -0.1) is 11.3 Å². The van der Waals surface area contributed by atoms with Crippen LogP contribution in [-0.4, -0.2) is 43.9 Å². The summed E-state index contributed by atoms with van der Waals surface area (Å²) in [6, 6.07) is -0.433. The standard InChI is InChI=1S/C13H13N3O4S/c1-7-8(12(19)20)2-3-15(7)10(17)9-6-14-13-16(11(9)18)4-5-21-13/h4-8H,2-3H2,1H3,(H,19,20). The van der Waals surface area contributed by atoms with Crippen molar-refractivity contribution in [3.8, 4) is 0 Å². The molecule has 0 aromatic carbocycles. The van der Waals surface area contributed by atoms with Crippen LogP contribution >= 0.6 is 11.3 Å². The zero-order valence-electron chi connectivity index (χ0n) is 11.2. The van der Waals surface area contributed by atoms with Crippen LogP contribution < -0.4 is 5.56 Å². The fourth-order valence-electron chi connectivity index (χ4n) is 2.68. The van der Waals surface area contributed by atoms with E-state index in [9.17, 15) is 14.4 Å². The van der Waals surface area contributed by atoms with E-state index in [2.05, 4.69) is 4.98 Å². The molecule has 2 atom stereocenters. The first-order chi connectivity index (χ1) is 10.0. The largest absolute Gasteiger partial charge is 0.481 e. The molecule has 2 aromatic heterocycles. The second kappa shape index (κ2) is 4.96. The number of thiazole rings is 1. The molecule has 0 spiro atoms. The second-order valence-electron chi connectivity index (χ2n) is 5.01. The summed E-state index contributed by atoms with van der Waals surface area (Å²) in [5, 5.41) is 10.8. The predicted octanol–water partition coefficient (Wildman–Crippen LogP) is 0.691. The fraction of sp³-hybridized carbons (Fsp3) is 0.385. The second-order valence-corrected chi connectivity index (χ2v) is 5.88. The van der Waals surface area contributed by atoms with Crippen molar-refractivity contribution >= 4 is 28.2 Å². The number of carboxylic acids is 1. The first kappa shape index (κ1) is 13.7. The summed E-state index contributed by atoms with van der Waals surface area (Å²) in [6.07, 6.45) is 3.24. The topological polar surface area (TPSA) is 92.0 Å². The van der Waals surface area contributed by atoms with E-state index in [1.54, 1.807) is 18.5 Å². The van der Waals surface area contributed by atoms with Crippen LogP contribution in [0.15, 0.2) is 22.6 Å². The Bertz CT molecular complexity index is 781. The van der Waals surface area contributed by atoms with Crippen LogP contribution in [0.2, 0.25) is 0 Å². The number of rotatable bonds is 2. The minimum absolute atomic E-state index is 0.0243. The number of likely N-dealkylation sites (tertiary alicyclic amines) is 1. The molecular formula is C13H13N3O4S. The molecule has 7 nitrogen and oxygen atoms in total. The van der Waals surface area contributed by atoms with E-state index < -0.39 is 29.4 Å². The highest BCUT2D eigenvalue weighted by Crippen LogP contribution is 2.25. The van der Waals surface area contributed by atoms with Crippen LogP contribution in [0.1, 0.15) is 23.7 Å². The molecule has 21 heavy (non-hydrogen) atoms. The highest BCUT2D eigenvalue weighted by Gasteiger charge is 2.39. The molecule has 110 valence electrons. The van der Waals surface area contributed by atoms with Gasteiger partial charge in [0.25, 0.3) is 11.5 Å². The third kappa shape index (κ3) is 2.11. The van der Waals surface area contributed by atoms with Gasteiger partial charge < -0.3 is 10.0 Å². The van der Waals surface area contributed by atoms with Crippen molar-refractivity contribution in [1.82, 2.24) is 14.3 Å². The summed E-state index contributed by atoms with van der Waals surface area (Å²) in [6.45, 7) is 2.03. The predicted molar refractivity (Wildman–Crippen MR) is 75.6 cm³/mol. The quantitative estimate of drug-likeness (QED) is 0.881. The number of carbonyl (C=O) groups is 2. The van der Waals surface area contributed by atoms with E-state index in [1.807, 2.05) is 0 Å². The highest BCUT2D eigenvalue weighted by atomic mass is 32.1. The van der Waals surface area contributed by atoms with Gasteiger partial charge in [0.1, 0.15) is 5.56 Å². The van der Waals surface area contributed by atoms with Crippen molar-refractivity contribution in [2.45, 2.75) is 19.4 Å². The molecule has 0 aliphatic carbocycles. The van der Waals surface area contributed by atoms with Gasteiger partial charge in [-0.2, -0.15) is 0 Å². The molecule has 0 radical (unpaired) electrons. The Labute approximate surface area is 123 Å². The minimum atomic E-state index is -0.916. The molecule has 3 heterocycles. The SMILES string of the molecule is CC1C(C(=O)O)CCN1C(=O)c1cnc2sccn2c1=O. The zero-order chi connectivity index (χ0) is 15.1. The van der Waals surface area contributed by atoms with Gasteiger partial charge in [0.2, 0.25) is 0 Å². The smallest absolute Gasteiger partial charge is 0.308 e. The number of carboxylic acid groups (broad SMARTS) is 1. The molecule has 2 aromatic rings. The molecule has 1 N–H and O–H groups in total. The van der Waals surface area contributed by atoms with Gasteiger partial charge in [-0.25, -0.2) is 4.98 Å². The maximum atomic E-state index is 12.5. The highest BCUT2D eigenvalue weighted by molar-refractivity contribution is 7.15. The van der Waals surface area contributed by atoms with Gasteiger partial charge >= 0.3 is 5.97 Å². The van der Waals surface area contributed by atoms with Crippen LogP contribution in [0.3, 0.4) is 0 Å². The maximum absolute atomic E-state index is 12.5. The number of fused-ring (bicyclic) bond motifs is 1. The lowest BCUT2D eigenvalue weighted by atomic mass is 10.0. The molecule has 1 aliphatic heterocycles. The van der Waals surface area contributed by atoms with Gasteiger partial charge in [-0.1, -0.05) is 0 Å². The summed E-state index contributed by atoms with van der Waals surface area (Å²) >= 11 is 1.31. The molecule has 1 fully saturated rings. The molecule has 0 saturated carbocycles. The Balaban J connectivity index is 1.96. The Hall–Kier alpha value is -2.22. The number of nitrogens with zero attached hydrogens (tertiary/aromatic N) is 3. The summed E-state index contributed by atoms with van der Waals surface area (Å²) in [7, 11) is 0. The van der Waals surface area contributed by atoms with Crippen molar-refractivity contribution in [1.29, 1.82) is 0 Å². The van der Waals surface area contributed by atoms with Gasteiger partial charge in [-0.3, -0.25) is 18.8 Å². The number of aromatic nitrogens is 2. The Kier molecular flexibility index (Phi) is 3.25. The number of amides is 1. The van der Waals surface area contributed by atoms with Crippen LogP contribution in [0.4, 0.5) is 0 Å². The van der Waals surface area contributed by atoms with Crippen LogP contribution in [0.5, 0.6) is 0 Å². The minimum Gasteiger partial charge on any atom is -0.481 e. The van der Waals surface area contributed by atoms with E-state index in [-0.39, 0.29) is 5.56 Å². The van der Waals surface area contributed by atoms with E-state index >= 15 is 0 Å². The molecule has 3 rings (SSSR count). The van der Waals surface area contributed by atoms with Gasteiger partial charge in [0, 0.05) is 30.4 Å². The summed E-state index contributed by atoms with van der Waals surface area (Å²) < 4.78 is 1.33. The number of carbonyl (C=O) groups excluding carboxylic acids is 1. The summed E-state index contributed by atoms with van der Waals surface area (Å²) in [4.78, 5) is 41.9. The molecule has 2 unspecified atom stereocenters. The van der Waals surface area contributed by atoms with E-state index in [0.29, 0.717) is 17.9 Å². The lowest BCUT2D eigenvalue weighted by Gasteiger charge is -2.22. The number of hydrogen-bond acceptors (Lipinski definition) is 5. The van der Waals surface area contributed by atoms with Crippen molar-refractivity contribution in [2.24, 2.45) is 5.92 Å². The third-order valence-corrected chi connectivity index (χ3v) is 4.68. The normalized spacial score (nSPS) is 21.9. The lowest BCUT2D eigenvalue weighted by Crippen LogP contribution is -2.40. The monoisotopic (exact) mass is 307 g/mol. The van der Waals surface area contributed by atoms with Crippen molar-refractivity contribution in [3.63, 3.8) is 0 Å². The third-order valence-electron chi connectivity index (χ3n) is 3.91. The van der Waals surface area contributed by atoms with Crippen LogP contribution in [0.25, 0.3) is 4.96 Å². The molecule has 1 aliphatic rings. The van der Waals surface area contributed by atoms with Crippen LogP contribution in [0, 0.1) is 5.92 Å². The fourth-order valence-corrected chi connectivity index (χ4v) is 3.36. The van der Waals surface area contributed by atoms with Gasteiger partial charge in [-0.05, 0) is 13.3 Å². The zero-order valence-corrected chi connectivity index (χ0v) is 12.0. The molecule has 1 amide bonds. The number of hydrogen-bond donors (Lipinski definition) is 1. The average molecular weight is 307 g/mol. The average Bonchev–Trinajstić information content (AvgIpc) is 3.05. The first-order valence-electron chi connectivity index (χ1n) is 6.49. The van der Waals surface area contributed by atoms with Crippen molar-refractivity contribution < 1.29 is 14.7 Å². The molecular weight excluding hydrogens is 294 g/mol. The van der Waals surface area contributed by atoms with Crippen molar-refractivity contribution in [2.75, 3.05) is 6.54 Å². The Morgan fingerprint density at radius 2 is 2.24 bits per heavy atom. The lowest BCUT2D eigenvalue weighted by molar-refractivity contribution is -0.142. The van der Waals surface area contributed by atoms with Gasteiger partial charge in [0.15, 0.2) is 4.96 Å².